The summed E-state index contributed by atoms with van der Waals surface area (Å²) in [5.41, 5.74) is 3.05. The number of aliphatic hydroxyl groups is 1. The number of aliphatic carboxylic acids is 1. The van der Waals surface area contributed by atoms with Gasteiger partial charge in [-0.15, -0.1) is 0 Å². The minimum atomic E-state index is -0.796. The van der Waals surface area contributed by atoms with E-state index in [4.69, 9.17) is 5.11 Å². The van der Waals surface area contributed by atoms with E-state index in [1.165, 1.54) is 0 Å². The highest BCUT2D eigenvalue weighted by Gasteiger charge is 2.17. The average molecular weight is 355 g/mol. The van der Waals surface area contributed by atoms with Crippen molar-refractivity contribution in [2.45, 2.75) is 32.4 Å². The fourth-order valence-electron chi connectivity index (χ4n) is 2.27. The van der Waals surface area contributed by atoms with Crippen LogP contribution in [0, 0.1) is 0 Å². The number of benzene rings is 2. The molecule has 2 rings (SSSR count). The monoisotopic (exact) mass is 355 g/mol. The van der Waals surface area contributed by atoms with Gasteiger partial charge < -0.3 is 15.1 Å². The number of rotatable bonds is 6. The number of hydrogen-bond acceptors (Lipinski definition) is 3. The molecule has 4 heteroatoms. The van der Waals surface area contributed by atoms with Crippen LogP contribution in [0.25, 0.3) is 5.57 Å². The summed E-state index contributed by atoms with van der Waals surface area (Å²) in [6, 6.07) is 19.6. The van der Waals surface area contributed by atoms with Crippen LogP contribution in [0.1, 0.15) is 37.5 Å². The number of allylic oxidation sites excluding steroid dienone is 1. The Bertz CT molecular complexity index is 681. The van der Waals surface area contributed by atoms with Crippen LogP contribution in [0.2, 0.25) is 0 Å². The van der Waals surface area contributed by atoms with Crippen LogP contribution in [-0.4, -0.2) is 41.2 Å². The van der Waals surface area contributed by atoms with Crippen molar-refractivity contribution in [3.8, 4) is 0 Å². The normalized spacial score (nSPS) is 13.5. The highest BCUT2D eigenvalue weighted by molar-refractivity contribution is 5.73. The molecular weight excluding hydrogens is 326 g/mol. The van der Waals surface area contributed by atoms with Crippen LogP contribution < -0.4 is 0 Å². The van der Waals surface area contributed by atoms with Crippen LogP contribution >= 0.6 is 0 Å². The van der Waals surface area contributed by atoms with Crippen LogP contribution in [0.15, 0.2) is 66.7 Å². The summed E-state index contributed by atoms with van der Waals surface area (Å²) in [4.78, 5) is 12.3. The highest BCUT2D eigenvalue weighted by Crippen LogP contribution is 2.18. The molecule has 0 radical (unpaired) electrons. The summed E-state index contributed by atoms with van der Waals surface area (Å²) in [5, 5.41) is 18.4. The molecule has 0 amide bonds. The molecule has 4 nitrogen and oxygen atoms in total. The Kier molecular flexibility index (Phi) is 9.34. The van der Waals surface area contributed by atoms with Crippen molar-refractivity contribution in [1.82, 2.24) is 4.90 Å². The molecule has 0 spiro atoms. The lowest BCUT2D eigenvalue weighted by atomic mass is 10.0. The fraction of sp³-hybridized carbons (Fsp3) is 0.318. The van der Waals surface area contributed by atoms with Gasteiger partial charge >= 0.3 is 5.97 Å². The van der Waals surface area contributed by atoms with Crippen molar-refractivity contribution in [2.24, 2.45) is 0 Å². The molecule has 0 saturated heterocycles. The van der Waals surface area contributed by atoms with E-state index in [2.05, 4.69) is 0 Å². The molecule has 2 aromatic carbocycles. The summed E-state index contributed by atoms with van der Waals surface area (Å²) in [6.07, 6.45) is 1.40. The molecule has 0 bridgehead atoms. The van der Waals surface area contributed by atoms with Gasteiger partial charge in [-0.1, -0.05) is 66.7 Å². The van der Waals surface area contributed by atoms with E-state index in [9.17, 15) is 9.90 Å². The van der Waals surface area contributed by atoms with Gasteiger partial charge in [0.05, 0.1) is 12.5 Å². The molecular formula is C22H29NO3. The number of aliphatic hydroxyl groups excluding tert-OH is 1. The minimum Gasteiger partial charge on any atom is -0.481 e. The average Bonchev–Trinajstić information content (AvgIpc) is 2.66. The highest BCUT2D eigenvalue weighted by atomic mass is 16.4. The van der Waals surface area contributed by atoms with E-state index in [-0.39, 0.29) is 12.5 Å². The van der Waals surface area contributed by atoms with Crippen LogP contribution in [0.5, 0.6) is 0 Å². The molecule has 2 N–H and O–H groups in total. The van der Waals surface area contributed by atoms with Crippen molar-refractivity contribution in [3.05, 3.63) is 77.9 Å². The predicted molar refractivity (Wildman–Crippen MR) is 107 cm³/mol. The number of carboxylic acid groups (broad SMARTS) is 1. The number of nitrogens with zero attached hydrogens (tertiary/aromatic N) is 1. The number of carboxylic acids is 1. The van der Waals surface area contributed by atoms with E-state index < -0.39 is 12.1 Å². The molecule has 2 atom stereocenters. The smallest absolute Gasteiger partial charge is 0.307 e. The molecule has 0 unspecified atom stereocenters. The van der Waals surface area contributed by atoms with E-state index in [1.807, 2.05) is 93.5 Å². The van der Waals surface area contributed by atoms with Crippen molar-refractivity contribution in [2.75, 3.05) is 14.1 Å². The zero-order chi connectivity index (χ0) is 19.5. The van der Waals surface area contributed by atoms with E-state index in [0.717, 1.165) is 16.7 Å². The molecule has 26 heavy (non-hydrogen) atoms. The first kappa shape index (κ1) is 21.6. The SMILES string of the molecule is C/C(=C\CC(=O)O)c1ccccc1.C[C@@H]([C@H](O)c1ccccc1)N(C)C. The predicted octanol–water partition coefficient (Wildman–Crippen LogP) is 4.23. The molecule has 0 aromatic heterocycles. The molecule has 0 aliphatic rings. The maximum atomic E-state index is 10.3. The summed E-state index contributed by atoms with van der Waals surface area (Å²) < 4.78 is 0. The number of likely N-dealkylation sites (N-methyl/N-ethyl adjacent to an activating group) is 1. The molecule has 0 fully saturated rings. The van der Waals surface area contributed by atoms with Crippen molar-refractivity contribution >= 4 is 11.5 Å². The lowest BCUT2D eigenvalue weighted by Crippen LogP contribution is -2.30. The van der Waals surface area contributed by atoms with Gasteiger partial charge in [-0.3, -0.25) is 4.79 Å². The Morgan fingerprint density at radius 3 is 2.00 bits per heavy atom. The molecule has 0 aliphatic carbocycles. The van der Waals surface area contributed by atoms with Crippen molar-refractivity contribution in [1.29, 1.82) is 0 Å². The summed E-state index contributed by atoms with van der Waals surface area (Å²) >= 11 is 0. The molecule has 0 aliphatic heterocycles. The Morgan fingerprint density at radius 1 is 1.04 bits per heavy atom. The Morgan fingerprint density at radius 2 is 1.54 bits per heavy atom. The van der Waals surface area contributed by atoms with Gasteiger partial charge in [0.2, 0.25) is 0 Å². The third-order valence-corrected chi connectivity index (χ3v) is 4.22. The molecule has 0 heterocycles. The van der Waals surface area contributed by atoms with E-state index in [0.29, 0.717) is 0 Å². The third-order valence-electron chi connectivity index (χ3n) is 4.22. The second-order valence-electron chi connectivity index (χ2n) is 6.41. The van der Waals surface area contributed by atoms with Gasteiger partial charge in [0, 0.05) is 6.04 Å². The molecule has 2 aromatic rings. The Hall–Kier alpha value is -2.43. The van der Waals surface area contributed by atoms with Crippen LogP contribution in [0.4, 0.5) is 0 Å². The van der Waals surface area contributed by atoms with Crippen LogP contribution in [-0.2, 0) is 4.79 Å². The lowest BCUT2D eigenvalue weighted by Gasteiger charge is -2.25. The first-order valence-electron chi connectivity index (χ1n) is 8.66. The summed E-state index contributed by atoms with van der Waals surface area (Å²) in [7, 11) is 3.94. The van der Waals surface area contributed by atoms with Gasteiger partial charge in [-0.05, 0) is 44.6 Å². The van der Waals surface area contributed by atoms with Gasteiger partial charge in [-0.2, -0.15) is 0 Å². The number of carbonyl (C=O) groups is 1. The van der Waals surface area contributed by atoms with E-state index in [1.54, 1.807) is 6.08 Å². The zero-order valence-electron chi connectivity index (χ0n) is 16.0. The van der Waals surface area contributed by atoms with Gasteiger partial charge in [-0.25, -0.2) is 0 Å². The standard InChI is InChI=1S/C11H17NO.C11H12O2/c1-9(12(2)3)11(13)10-7-5-4-6-8-10;1-9(7-8-11(12)13)10-5-3-2-4-6-10/h4-9,11,13H,1-3H3;2-7H,8H2,1H3,(H,12,13)/b;9-7+/t9-,11-;/m0./s1. The minimum absolute atomic E-state index is 0.0841. The summed E-state index contributed by atoms with van der Waals surface area (Å²) in [5.74, 6) is -0.796. The Balaban J connectivity index is 0.000000260. The summed E-state index contributed by atoms with van der Waals surface area (Å²) in [6.45, 7) is 3.93. The lowest BCUT2D eigenvalue weighted by molar-refractivity contribution is -0.135. The van der Waals surface area contributed by atoms with Crippen molar-refractivity contribution < 1.29 is 15.0 Å². The van der Waals surface area contributed by atoms with Gasteiger partial charge in [0.15, 0.2) is 0 Å². The van der Waals surface area contributed by atoms with Gasteiger partial charge in [0.1, 0.15) is 0 Å². The first-order chi connectivity index (χ1) is 12.3. The first-order valence-corrected chi connectivity index (χ1v) is 8.66. The largest absolute Gasteiger partial charge is 0.481 e. The van der Waals surface area contributed by atoms with Crippen molar-refractivity contribution in [3.63, 3.8) is 0 Å². The zero-order valence-corrected chi connectivity index (χ0v) is 16.0. The second kappa shape index (κ2) is 11.2. The topological polar surface area (TPSA) is 60.8 Å². The quantitative estimate of drug-likeness (QED) is 0.814. The fourth-order valence-corrected chi connectivity index (χ4v) is 2.27. The maximum absolute atomic E-state index is 10.3. The number of hydrogen-bond donors (Lipinski definition) is 2. The van der Waals surface area contributed by atoms with E-state index >= 15 is 0 Å². The van der Waals surface area contributed by atoms with Crippen LogP contribution in [0.3, 0.4) is 0 Å². The molecule has 0 saturated carbocycles. The Labute approximate surface area is 156 Å². The second-order valence-corrected chi connectivity index (χ2v) is 6.41. The maximum Gasteiger partial charge on any atom is 0.307 e. The molecule has 140 valence electrons. The van der Waals surface area contributed by atoms with Gasteiger partial charge in [0.25, 0.3) is 0 Å². The third kappa shape index (κ3) is 7.64.